The van der Waals surface area contributed by atoms with Gasteiger partial charge in [0, 0.05) is 0 Å². The zero-order chi connectivity index (χ0) is 20.4. The fourth-order valence-corrected chi connectivity index (χ4v) is 2.62. The average molecular weight is 361 g/mol. The van der Waals surface area contributed by atoms with Crippen molar-refractivity contribution in [1.29, 1.82) is 0 Å². The highest BCUT2D eigenvalue weighted by molar-refractivity contribution is 5.46. The van der Waals surface area contributed by atoms with Crippen molar-refractivity contribution in [2.75, 3.05) is 0 Å². The van der Waals surface area contributed by atoms with Crippen LogP contribution in [-0.4, -0.2) is 0 Å². The van der Waals surface area contributed by atoms with Crippen molar-refractivity contribution in [3.05, 3.63) is 106 Å². The Morgan fingerprint density at radius 3 is 1.78 bits per heavy atom. The summed E-state index contributed by atoms with van der Waals surface area (Å²) in [6.07, 6.45) is 20.7. The molecule has 0 aromatic carbocycles. The topological polar surface area (TPSA) is 0 Å². The summed E-state index contributed by atoms with van der Waals surface area (Å²) in [7, 11) is 0. The summed E-state index contributed by atoms with van der Waals surface area (Å²) in [5, 5.41) is 0. The maximum absolute atomic E-state index is 4.12. The van der Waals surface area contributed by atoms with Crippen molar-refractivity contribution in [1.82, 2.24) is 0 Å². The highest BCUT2D eigenvalue weighted by Crippen LogP contribution is 2.28. The van der Waals surface area contributed by atoms with Gasteiger partial charge in [0.1, 0.15) is 0 Å². The Balaban J connectivity index is 2.86. The standard InChI is InChI=1S/C27H36/c1-9-21(4)11-13-24(7)26-16-18-27(19-17-26)25(8)15-14-23(6)22(5)12-10-20(2)3/h10-16,18H,2,5,9,17,19H2,1,3-4,6-8H3/b12-10-,21-11-,23-14+,24-13+,25-15+. The van der Waals surface area contributed by atoms with E-state index in [2.05, 4.69) is 84.2 Å². The van der Waals surface area contributed by atoms with E-state index < -0.39 is 0 Å². The molecule has 1 aliphatic rings. The summed E-state index contributed by atoms with van der Waals surface area (Å²) in [6, 6.07) is 0. The Kier molecular flexibility index (Phi) is 9.58. The Bertz CT molecular complexity index is 780. The molecule has 0 saturated carbocycles. The molecule has 0 saturated heterocycles. The van der Waals surface area contributed by atoms with E-state index >= 15 is 0 Å². The van der Waals surface area contributed by atoms with Crippen molar-refractivity contribution >= 4 is 0 Å². The van der Waals surface area contributed by atoms with Crippen LogP contribution < -0.4 is 0 Å². The summed E-state index contributed by atoms with van der Waals surface area (Å²) in [5.41, 5.74) is 10.2. The first-order valence-corrected chi connectivity index (χ1v) is 9.87. The van der Waals surface area contributed by atoms with Crippen LogP contribution >= 0.6 is 0 Å². The number of allylic oxidation sites excluding steroid dienone is 16. The molecule has 0 heteroatoms. The maximum atomic E-state index is 4.12. The number of hydrogen-bond donors (Lipinski definition) is 0. The van der Waals surface area contributed by atoms with Crippen molar-refractivity contribution in [3.8, 4) is 0 Å². The summed E-state index contributed by atoms with van der Waals surface area (Å²) in [6.45, 7) is 20.9. The average Bonchev–Trinajstić information content (AvgIpc) is 2.67. The largest absolute Gasteiger partial charge is 0.0961 e. The minimum absolute atomic E-state index is 1.03. The van der Waals surface area contributed by atoms with Crippen molar-refractivity contribution in [2.24, 2.45) is 0 Å². The zero-order valence-electron chi connectivity index (χ0n) is 18.2. The third-order valence-electron chi connectivity index (χ3n) is 5.00. The molecule has 0 fully saturated rings. The monoisotopic (exact) mass is 360 g/mol. The molecule has 0 aliphatic heterocycles. The van der Waals surface area contributed by atoms with Gasteiger partial charge in [-0.05, 0) is 87.3 Å². The Morgan fingerprint density at radius 2 is 1.33 bits per heavy atom. The summed E-state index contributed by atoms with van der Waals surface area (Å²) in [5.74, 6) is 0. The lowest BCUT2D eigenvalue weighted by Crippen LogP contribution is -1.96. The molecule has 0 spiro atoms. The van der Waals surface area contributed by atoms with Crippen LogP contribution in [0.15, 0.2) is 106 Å². The number of rotatable bonds is 8. The van der Waals surface area contributed by atoms with E-state index in [1.165, 1.54) is 33.4 Å². The fraction of sp³-hybridized carbons (Fsp3) is 0.333. The van der Waals surface area contributed by atoms with Gasteiger partial charge in [0.25, 0.3) is 0 Å². The first-order chi connectivity index (χ1) is 12.7. The Labute approximate surface area is 167 Å². The van der Waals surface area contributed by atoms with Crippen LogP contribution in [0.25, 0.3) is 0 Å². The quantitative estimate of drug-likeness (QED) is 0.380. The predicted octanol–water partition coefficient (Wildman–Crippen LogP) is 8.52. The normalized spacial score (nSPS) is 17.1. The smallest absolute Gasteiger partial charge is 0.0236 e. The van der Waals surface area contributed by atoms with Gasteiger partial charge < -0.3 is 0 Å². The molecule has 1 rings (SSSR count). The number of hydrogen-bond acceptors (Lipinski definition) is 0. The van der Waals surface area contributed by atoms with Crippen LogP contribution in [0.3, 0.4) is 0 Å². The third-order valence-corrected chi connectivity index (χ3v) is 5.00. The van der Waals surface area contributed by atoms with Crippen LogP contribution in [0.1, 0.15) is 60.8 Å². The molecule has 27 heavy (non-hydrogen) atoms. The Morgan fingerprint density at radius 1 is 0.815 bits per heavy atom. The molecule has 0 radical (unpaired) electrons. The summed E-state index contributed by atoms with van der Waals surface area (Å²) >= 11 is 0. The lowest BCUT2D eigenvalue weighted by Gasteiger charge is -2.16. The van der Waals surface area contributed by atoms with Crippen LogP contribution in [0, 0.1) is 0 Å². The van der Waals surface area contributed by atoms with Gasteiger partial charge in [0.2, 0.25) is 0 Å². The van der Waals surface area contributed by atoms with E-state index in [0.717, 1.165) is 30.4 Å². The van der Waals surface area contributed by atoms with Crippen molar-refractivity contribution in [2.45, 2.75) is 60.8 Å². The lowest BCUT2D eigenvalue weighted by molar-refractivity contribution is 0.918. The lowest BCUT2D eigenvalue weighted by atomic mass is 9.90. The van der Waals surface area contributed by atoms with E-state index in [9.17, 15) is 0 Å². The van der Waals surface area contributed by atoms with Crippen LogP contribution in [0.2, 0.25) is 0 Å². The van der Waals surface area contributed by atoms with Gasteiger partial charge in [-0.3, -0.25) is 0 Å². The molecule has 0 heterocycles. The van der Waals surface area contributed by atoms with Gasteiger partial charge in [-0.25, -0.2) is 0 Å². The van der Waals surface area contributed by atoms with E-state index in [0.29, 0.717) is 0 Å². The third kappa shape index (κ3) is 8.26. The molecule has 0 unspecified atom stereocenters. The molecular formula is C27H36. The van der Waals surface area contributed by atoms with Gasteiger partial charge in [0.05, 0.1) is 0 Å². The van der Waals surface area contributed by atoms with Gasteiger partial charge >= 0.3 is 0 Å². The van der Waals surface area contributed by atoms with Crippen LogP contribution in [0.5, 0.6) is 0 Å². The highest BCUT2D eigenvalue weighted by atomic mass is 14.1. The van der Waals surface area contributed by atoms with Crippen LogP contribution in [0.4, 0.5) is 0 Å². The minimum atomic E-state index is 1.03. The molecule has 0 nitrogen and oxygen atoms in total. The van der Waals surface area contributed by atoms with E-state index in [4.69, 9.17) is 0 Å². The van der Waals surface area contributed by atoms with Gasteiger partial charge in [-0.2, -0.15) is 0 Å². The molecule has 0 amide bonds. The van der Waals surface area contributed by atoms with E-state index in [1.807, 2.05) is 19.1 Å². The van der Waals surface area contributed by atoms with Gasteiger partial charge in [0.15, 0.2) is 0 Å². The summed E-state index contributed by atoms with van der Waals surface area (Å²) < 4.78 is 0. The second-order valence-corrected chi connectivity index (χ2v) is 7.50. The van der Waals surface area contributed by atoms with Gasteiger partial charge in [-0.15, -0.1) is 0 Å². The molecule has 1 aliphatic carbocycles. The molecular weight excluding hydrogens is 324 g/mol. The van der Waals surface area contributed by atoms with Crippen LogP contribution in [-0.2, 0) is 0 Å². The van der Waals surface area contributed by atoms with Crippen molar-refractivity contribution in [3.63, 3.8) is 0 Å². The summed E-state index contributed by atoms with van der Waals surface area (Å²) in [4.78, 5) is 0. The molecule has 0 N–H and O–H groups in total. The van der Waals surface area contributed by atoms with E-state index in [-0.39, 0.29) is 0 Å². The van der Waals surface area contributed by atoms with E-state index in [1.54, 1.807) is 0 Å². The highest BCUT2D eigenvalue weighted by Gasteiger charge is 2.08. The first-order valence-electron chi connectivity index (χ1n) is 9.87. The predicted molar refractivity (Wildman–Crippen MR) is 124 cm³/mol. The molecule has 0 aromatic rings. The fourth-order valence-electron chi connectivity index (χ4n) is 2.62. The molecule has 0 aromatic heterocycles. The zero-order valence-corrected chi connectivity index (χ0v) is 18.2. The molecule has 144 valence electrons. The minimum Gasteiger partial charge on any atom is -0.0961 e. The molecule has 0 bridgehead atoms. The van der Waals surface area contributed by atoms with Crippen molar-refractivity contribution < 1.29 is 0 Å². The van der Waals surface area contributed by atoms with Gasteiger partial charge in [-0.1, -0.05) is 79.8 Å². The Hall–Kier alpha value is -2.34. The second kappa shape index (κ2) is 11.4. The molecule has 0 atom stereocenters. The second-order valence-electron chi connectivity index (χ2n) is 7.50. The first kappa shape index (κ1) is 22.7. The SMILES string of the molecule is C=C(C)/C=C\C(=C)/C(C)=C/C=C(\C)C1=CC=C(/C(C)=C/C=C(/C)CC)CC1. The maximum Gasteiger partial charge on any atom is -0.0236 e.